The summed E-state index contributed by atoms with van der Waals surface area (Å²) in [6, 6.07) is 14.2. The van der Waals surface area contributed by atoms with E-state index in [-0.39, 0.29) is 11.8 Å². The molecule has 0 aliphatic rings. The van der Waals surface area contributed by atoms with E-state index in [1.54, 1.807) is 36.4 Å². The molecule has 0 unspecified atom stereocenters. The summed E-state index contributed by atoms with van der Waals surface area (Å²) in [4.78, 5) is 26.7. The molecule has 0 aliphatic heterocycles. The van der Waals surface area contributed by atoms with Gasteiger partial charge in [-0.05, 0) is 54.8 Å². The van der Waals surface area contributed by atoms with E-state index in [1.807, 2.05) is 17.0 Å². The molecule has 0 fully saturated rings. The van der Waals surface area contributed by atoms with Gasteiger partial charge >= 0.3 is 0 Å². The summed E-state index contributed by atoms with van der Waals surface area (Å²) in [7, 11) is 0. The third kappa shape index (κ3) is 5.17. The molecule has 0 bridgehead atoms. The van der Waals surface area contributed by atoms with Crippen LogP contribution in [-0.2, 0) is 6.54 Å². The Balaban J connectivity index is 2.03. The fourth-order valence-corrected chi connectivity index (χ4v) is 2.73. The van der Waals surface area contributed by atoms with Crippen LogP contribution in [0.1, 0.15) is 53.0 Å². The van der Waals surface area contributed by atoms with Gasteiger partial charge in [0.15, 0.2) is 0 Å². The summed E-state index contributed by atoms with van der Waals surface area (Å²) in [5.74, 6) is -0.157. The van der Waals surface area contributed by atoms with Crippen LogP contribution in [0, 0.1) is 0 Å². The zero-order chi connectivity index (χ0) is 18.9. The molecule has 0 aliphatic carbocycles. The van der Waals surface area contributed by atoms with E-state index in [2.05, 4.69) is 19.2 Å². The average Bonchev–Trinajstić information content (AvgIpc) is 2.68. The number of rotatable bonds is 8. The summed E-state index contributed by atoms with van der Waals surface area (Å²) in [5, 5.41) is 2.85. The highest BCUT2D eigenvalue weighted by molar-refractivity contribution is 6.04. The summed E-state index contributed by atoms with van der Waals surface area (Å²) < 4.78 is 0. The largest absolute Gasteiger partial charge is 0.339 e. The molecule has 138 valence electrons. The van der Waals surface area contributed by atoms with Crippen LogP contribution < -0.4 is 11.1 Å². The van der Waals surface area contributed by atoms with Gasteiger partial charge < -0.3 is 16.0 Å². The SMILES string of the molecule is CCCN(CCC)C(=O)c1ccc(NC(=O)c2ccc(CN)cc2)cc1. The number of hydrogen-bond donors (Lipinski definition) is 2. The van der Waals surface area contributed by atoms with Crippen molar-refractivity contribution >= 4 is 17.5 Å². The van der Waals surface area contributed by atoms with Crippen LogP contribution in [0.2, 0.25) is 0 Å². The highest BCUT2D eigenvalue weighted by Crippen LogP contribution is 2.14. The lowest BCUT2D eigenvalue weighted by Gasteiger charge is -2.21. The first-order chi connectivity index (χ1) is 12.6. The number of nitrogens with two attached hydrogens (primary N) is 1. The number of carbonyl (C=O) groups excluding carboxylic acids is 2. The second kappa shape index (κ2) is 9.73. The van der Waals surface area contributed by atoms with Crippen LogP contribution in [0.15, 0.2) is 48.5 Å². The molecule has 0 atom stereocenters. The lowest BCUT2D eigenvalue weighted by Crippen LogP contribution is -2.32. The molecule has 26 heavy (non-hydrogen) atoms. The maximum Gasteiger partial charge on any atom is 0.255 e. The number of nitrogens with one attached hydrogen (secondary N) is 1. The fourth-order valence-electron chi connectivity index (χ4n) is 2.73. The molecule has 2 aromatic carbocycles. The molecule has 0 radical (unpaired) electrons. The van der Waals surface area contributed by atoms with Crippen molar-refractivity contribution in [2.24, 2.45) is 5.73 Å². The van der Waals surface area contributed by atoms with Gasteiger partial charge in [0.25, 0.3) is 11.8 Å². The Morgan fingerprint density at radius 2 is 1.42 bits per heavy atom. The van der Waals surface area contributed by atoms with E-state index in [0.717, 1.165) is 31.5 Å². The quantitative estimate of drug-likeness (QED) is 0.760. The molecule has 0 aromatic heterocycles. The number of amides is 2. The van der Waals surface area contributed by atoms with E-state index >= 15 is 0 Å². The third-order valence-electron chi connectivity index (χ3n) is 4.12. The highest BCUT2D eigenvalue weighted by Gasteiger charge is 2.14. The number of carbonyl (C=O) groups is 2. The van der Waals surface area contributed by atoms with Crippen molar-refractivity contribution in [2.45, 2.75) is 33.2 Å². The molecule has 0 heterocycles. The van der Waals surface area contributed by atoms with E-state index in [4.69, 9.17) is 5.73 Å². The maximum absolute atomic E-state index is 12.6. The Hall–Kier alpha value is -2.66. The average molecular weight is 353 g/mol. The zero-order valence-corrected chi connectivity index (χ0v) is 15.5. The van der Waals surface area contributed by atoms with Gasteiger partial charge in [-0.15, -0.1) is 0 Å². The first-order valence-electron chi connectivity index (χ1n) is 9.08. The van der Waals surface area contributed by atoms with Crippen molar-refractivity contribution in [1.29, 1.82) is 0 Å². The van der Waals surface area contributed by atoms with Gasteiger partial charge in [-0.25, -0.2) is 0 Å². The minimum Gasteiger partial charge on any atom is -0.339 e. The van der Waals surface area contributed by atoms with Crippen LogP contribution in [0.5, 0.6) is 0 Å². The Bertz CT molecular complexity index is 718. The van der Waals surface area contributed by atoms with E-state index in [9.17, 15) is 9.59 Å². The lowest BCUT2D eigenvalue weighted by atomic mass is 10.1. The monoisotopic (exact) mass is 353 g/mol. The van der Waals surface area contributed by atoms with Crippen molar-refractivity contribution in [3.8, 4) is 0 Å². The maximum atomic E-state index is 12.6. The number of benzene rings is 2. The highest BCUT2D eigenvalue weighted by atomic mass is 16.2. The molecular formula is C21H27N3O2. The molecule has 0 saturated carbocycles. The van der Waals surface area contributed by atoms with Crippen LogP contribution in [0.3, 0.4) is 0 Å². The van der Waals surface area contributed by atoms with Crippen LogP contribution in [-0.4, -0.2) is 29.8 Å². The van der Waals surface area contributed by atoms with Gasteiger partial charge in [0.1, 0.15) is 0 Å². The van der Waals surface area contributed by atoms with Gasteiger partial charge in [-0.2, -0.15) is 0 Å². The second-order valence-corrected chi connectivity index (χ2v) is 6.22. The zero-order valence-electron chi connectivity index (χ0n) is 15.5. The minimum atomic E-state index is -0.189. The van der Waals surface area contributed by atoms with Crippen molar-refractivity contribution in [3.05, 3.63) is 65.2 Å². The lowest BCUT2D eigenvalue weighted by molar-refractivity contribution is 0.0755. The molecule has 0 saturated heterocycles. The fraction of sp³-hybridized carbons (Fsp3) is 0.333. The molecule has 5 heteroatoms. The predicted octanol–water partition coefficient (Wildman–Crippen LogP) is 3.66. The van der Waals surface area contributed by atoms with Gasteiger partial charge in [0.2, 0.25) is 0 Å². The van der Waals surface area contributed by atoms with Gasteiger partial charge in [-0.3, -0.25) is 9.59 Å². The van der Waals surface area contributed by atoms with Crippen molar-refractivity contribution in [1.82, 2.24) is 4.90 Å². The Morgan fingerprint density at radius 3 is 1.92 bits per heavy atom. The molecule has 3 N–H and O–H groups in total. The standard InChI is InChI=1S/C21H27N3O2/c1-3-13-24(14-4-2)21(26)18-9-11-19(12-10-18)23-20(25)17-7-5-16(15-22)6-8-17/h5-12H,3-4,13-15,22H2,1-2H3,(H,23,25). The summed E-state index contributed by atoms with van der Waals surface area (Å²) in [6.07, 6.45) is 1.87. The van der Waals surface area contributed by atoms with E-state index in [0.29, 0.717) is 23.4 Å². The predicted molar refractivity (Wildman–Crippen MR) is 105 cm³/mol. The van der Waals surface area contributed by atoms with Crippen LogP contribution >= 0.6 is 0 Å². The summed E-state index contributed by atoms with van der Waals surface area (Å²) in [5.41, 5.74) is 8.41. The number of hydrogen-bond acceptors (Lipinski definition) is 3. The van der Waals surface area contributed by atoms with Gasteiger partial charge in [-0.1, -0.05) is 26.0 Å². The first-order valence-corrected chi connectivity index (χ1v) is 9.08. The smallest absolute Gasteiger partial charge is 0.255 e. The van der Waals surface area contributed by atoms with Crippen molar-refractivity contribution in [3.63, 3.8) is 0 Å². The Morgan fingerprint density at radius 1 is 0.885 bits per heavy atom. The normalized spacial score (nSPS) is 10.4. The van der Waals surface area contributed by atoms with E-state index < -0.39 is 0 Å². The number of nitrogens with zero attached hydrogens (tertiary/aromatic N) is 1. The minimum absolute atomic E-state index is 0.0314. The van der Waals surface area contributed by atoms with E-state index in [1.165, 1.54) is 0 Å². The molecular weight excluding hydrogens is 326 g/mol. The van der Waals surface area contributed by atoms with Crippen LogP contribution in [0.25, 0.3) is 0 Å². The molecule has 2 rings (SSSR count). The van der Waals surface area contributed by atoms with Crippen molar-refractivity contribution < 1.29 is 9.59 Å². The van der Waals surface area contributed by atoms with Crippen molar-refractivity contribution in [2.75, 3.05) is 18.4 Å². The second-order valence-electron chi connectivity index (χ2n) is 6.22. The van der Waals surface area contributed by atoms with Gasteiger partial charge in [0.05, 0.1) is 0 Å². The van der Waals surface area contributed by atoms with Crippen LogP contribution in [0.4, 0.5) is 5.69 Å². The molecule has 5 nitrogen and oxygen atoms in total. The molecule has 2 amide bonds. The Labute approximate surface area is 155 Å². The molecule has 2 aromatic rings. The third-order valence-corrected chi connectivity index (χ3v) is 4.12. The molecule has 0 spiro atoms. The summed E-state index contributed by atoms with van der Waals surface area (Å²) in [6.45, 7) is 6.08. The topological polar surface area (TPSA) is 75.4 Å². The number of anilines is 1. The Kier molecular flexibility index (Phi) is 7.36. The van der Waals surface area contributed by atoms with Gasteiger partial charge in [0, 0.05) is 36.4 Å². The summed E-state index contributed by atoms with van der Waals surface area (Å²) >= 11 is 0. The first kappa shape index (κ1) is 19.7.